The largest absolute Gasteiger partial charge is 0.393 e. The van der Waals surface area contributed by atoms with Crippen LogP contribution in [0.15, 0.2) is 18.2 Å². The number of rotatable bonds is 3. The molecule has 0 unspecified atom stereocenters. The Hall–Kier alpha value is -1.98. The minimum Gasteiger partial charge on any atom is -0.393 e. The van der Waals surface area contributed by atoms with E-state index >= 15 is 0 Å². The first-order valence-electron chi connectivity index (χ1n) is 3.69. The first-order valence-corrected chi connectivity index (χ1v) is 3.69. The fraction of sp³-hybridized carbons (Fsp3) is 0.125. The van der Waals surface area contributed by atoms with Crippen molar-refractivity contribution in [3.8, 4) is 0 Å². The minimum atomic E-state index is -1.18. The van der Waals surface area contributed by atoms with Gasteiger partial charge in [-0.15, -0.1) is 0 Å². The molecule has 1 aromatic rings. The first-order chi connectivity index (χ1) is 6.56. The zero-order valence-corrected chi connectivity index (χ0v) is 7.07. The Labute approximate surface area is 78.5 Å². The molecule has 0 aliphatic rings. The first kappa shape index (κ1) is 10.1. The van der Waals surface area contributed by atoms with Crippen LogP contribution in [0.1, 0.15) is 10.4 Å². The molecule has 0 heterocycles. The Balaban J connectivity index is 3.19. The van der Waals surface area contributed by atoms with E-state index in [1.54, 1.807) is 0 Å². The molecule has 2 N–H and O–H groups in total. The molecule has 0 aliphatic carbocycles. The zero-order chi connectivity index (χ0) is 10.7. The molecule has 0 atom stereocenters. The van der Waals surface area contributed by atoms with Crippen LogP contribution in [0.5, 0.6) is 0 Å². The molecule has 5 nitrogen and oxygen atoms in total. The van der Waals surface area contributed by atoms with Crippen LogP contribution >= 0.6 is 0 Å². The van der Waals surface area contributed by atoms with Crippen LogP contribution in [-0.2, 0) is 0 Å². The SMILES string of the molecule is Nc1ccc(C(=O)CF)cc1[N+](=O)[O-]. The van der Waals surface area contributed by atoms with Gasteiger partial charge in [0, 0.05) is 11.6 Å². The zero-order valence-electron chi connectivity index (χ0n) is 7.07. The lowest BCUT2D eigenvalue weighted by Gasteiger charge is -1.99. The number of nitro benzene ring substituents is 1. The second kappa shape index (κ2) is 3.82. The molecule has 0 saturated heterocycles. The third kappa shape index (κ3) is 1.85. The standard InChI is InChI=1S/C8H7FN2O3/c9-4-8(12)5-1-2-6(10)7(3-5)11(13)14/h1-3H,4,10H2. The Morgan fingerprint density at radius 3 is 2.71 bits per heavy atom. The molecule has 0 bridgehead atoms. The summed E-state index contributed by atoms with van der Waals surface area (Å²) in [6.45, 7) is -1.18. The molecular formula is C8H7FN2O3. The lowest BCUT2D eigenvalue weighted by molar-refractivity contribution is -0.383. The Kier molecular flexibility index (Phi) is 2.76. The van der Waals surface area contributed by atoms with Gasteiger partial charge < -0.3 is 5.73 Å². The van der Waals surface area contributed by atoms with Gasteiger partial charge in [-0.1, -0.05) is 0 Å². The van der Waals surface area contributed by atoms with Gasteiger partial charge in [0.1, 0.15) is 5.69 Å². The van der Waals surface area contributed by atoms with Crippen molar-refractivity contribution in [3.63, 3.8) is 0 Å². The lowest BCUT2D eigenvalue weighted by atomic mass is 10.1. The number of alkyl halides is 1. The lowest BCUT2D eigenvalue weighted by Crippen LogP contribution is -2.03. The summed E-state index contributed by atoms with van der Waals surface area (Å²) < 4.78 is 12.0. The fourth-order valence-corrected chi connectivity index (χ4v) is 0.952. The van der Waals surface area contributed by atoms with Gasteiger partial charge in [0.15, 0.2) is 12.5 Å². The van der Waals surface area contributed by atoms with Crippen LogP contribution < -0.4 is 5.73 Å². The van der Waals surface area contributed by atoms with Crippen LogP contribution in [-0.4, -0.2) is 17.4 Å². The van der Waals surface area contributed by atoms with Crippen LogP contribution in [0, 0.1) is 10.1 Å². The Morgan fingerprint density at radius 2 is 2.21 bits per heavy atom. The summed E-state index contributed by atoms with van der Waals surface area (Å²) in [5.41, 5.74) is 4.80. The summed E-state index contributed by atoms with van der Waals surface area (Å²) in [4.78, 5) is 20.5. The van der Waals surface area contributed by atoms with Gasteiger partial charge in [0.2, 0.25) is 0 Å². The molecule has 1 rings (SSSR count). The van der Waals surface area contributed by atoms with Gasteiger partial charge >= 0.3 is 0 Å². The summed E-state index contributed by atoms with van der Waals surface area (Å²) in [5, 5.41) is 10.4. The van der Waals surface area contributed by atoms with Crippen LogP contribution in [0.25, 0.3) is 0 Å². The van der Waals surface area contributed by atoms with Gasteiger partial charge in [-0.3, -0.25) is 14.9 Å². The molecule has 0 aliphatic heterocycles. The average molecular weight is 198 g/mol. The quantitative estimate of drug-likeness (QED) is 0.343. The number of anilines is 1. The smallest absolute Gasteiger partial charge is 0.292 e. The number of carbonyl (C=O) groups excluding carboxylic acids is 1. The summed E-state index contributed by atoms with van der Waals surface area (Å²) in [6, 6.07) is 3.43. The number of nitrogens with zero attached hydrogens (tertiary/aromatic N) is 1. The van der Waals surface area contributed by atoms with E-state index in [0.29, 0.717) is 0 Å². The minimum absolute atomic E-state index is 0.0478. The van der Waals surface area contributed by atoms with Gasteiger partial charge in [-0.25, -0.2) is 4.39 Å². The molecule has 0 saturated carbocycles. The van der Waals surface area contributed by atoms with Gasteiger partial charge in [0.05, 0.1) is 4.92 Å². The third-order valence-electron chi connectivity index (χ3n) is 1.67. The summed E-state index contributed by atoms with van der Waals surface area (Å²) in [6.07, 6.45) is 0. The van der Waals surface area contributed by atoms with Crippen LogP contribution in [0.3, 0.4) is 0 Å². The van der Waals surface area contributed by atoms with Crippen molar-refractivity contribution in [2.75, 3.05) is 12.4 Å². The number of nitro groups is 1. The number of hydrogen-bond acceptors (Lipinski definition) is 4. The highest BCUT2D eigenvalue weighted by molar-refractivity contribution is 5.98. The molecule has 0 spiro atoms. The number of ketones is 1. The van der Waals surface area contributed by atoms with Crippen molar-refractivity contribution in [1.29, 1.82) is 0 Å². The van der Waals surface area contributed by atoms with Gasteiger partial charge in [-0.2, -0.15) is 0 Å². The number of nitrogen functional groups attached to an aromatic ring is 1. The molecule has 0 aromatic heterocycles. The van der Waals surface area contributed by atoms with Crippen molar-refractivity contribution in [3.05, 3.63) is 33.9 Å². The molecule has 74 valence electrons. The number of halogens is 1. The topological polar surface area (TPSA) is 86.2 Å². The molecule has 0 amide bonds. The van der Waals surface area contributed by atoms with Crippen molar-refractivity contribution < 1.29 is 14.1 Å². The predicted octanol–water partition coefficient (Wildman–Crippen LogP) is 1.33. The van der Waals surface area contributed by atoms with Gasteiger partial charge in [-0.05, 0) is 12.1 Å². The van der Waals surface area contributed by atoms with E-state index in [2.05, 4.69) is 0 Å². The Bertz CT molecular complexity index is 392. The summed E-state index contributed by atoms with van der Waals surface area (Å²) in [7, 11) is 0. The van der Waals surface area contributed by atoms with Crippen molar-refractivity contribution >= 4 is 17.2 Å². The van der Waals surface area contributed by atoms with Crippen molar-refractivity contribution in [2.45, 2.75) is 0 Å². The maximum absolute atomic E-state index is 12.0. The maximum atomic E-state index is 12.0. The fourth-order valence-electron chi connectivity index (χ4n) is 0.952. The Morgan fingerprint density at radius 1 is 1.57 bits per heavy atom. The molecular weight excluding hydrogens is 191 g/mol. The monoisotopic (exact) mass is 198 g/mol. The summed E-state index contributed by atoms with van der Waals surface area (Å²) in [5.74, 6) is -0.798. The number of Topliss-reactive ketones (excluding diaryl/α,β-unsaturated/α-hetero) is 1. The number of benzene rings is 1. The van der Waals surface area contributed by atoms with Crippen LogP contribution in [0.2, 0.25) is 0 Å². The van der Waals surface area contributed by atoms with Crippen LogP contribution in [0.4, 0.5) is 15.8 Å². The molecule has 14 heavy (non-hydrogen) atoms. The highest BCUT2D eigenvalue weighted by Gasteiger charge is 2.15. The van der Waals surface area contributed by atoms with E-state index in [9.17, 15) is 19.3 Å². The second-order valence-corrected chi connectivity index (χ2v) is 2.59. The predicted molar refractivity (Wildman–Crippen MR) is 47.8 cm³/mol. The summed E-state index contributed by atoms with van der Waals surface area (Å²) >= 11 is 0. The number of nitrogens with two attached hydrogens (primary N) is 1. The number of carbonyl (C=O) groups is 1. The van der Waals surface area contributed by atoms with E-state index < -0.39 is 17.4 Å². The highest BCUT2D eigenvalue weighted by Crippen LogP contribution is 2.22. The van der Waals surface area contributed by atoms with Crippen molar-refractivity contribution in [1.82, 2.24) is 0 Å². The maximum Gasteiger partial charge on any atom is 0.292 e. The molecule has 6 heteroatoms. The van der Waals surface area contributed by atoms with E-state index in [1.807, 2.05) is 0 Å². The normalized spacial score (nSPS) is 9.79. The molecule has 0 fully saturated rings. The number of hydrogen-bond donors (Lipinski definition) is 1. The van der Waals surface area contributed by atoms with E-state index in [4.69, 9.17) is 5.73 Å². The van der Waals surface area contributed by atoms with E-state index in [0.717, 1.165) is 6.07 Å². The third-order valence-corrected chi connectivity index (χ3v) is 1.67. The highest BCUT2D eigenvalue weighted by atomic mass is 19.1. The molecule has 1 aromatic carbocycles. The van der Waals surface area contributed by atoms with Crippen molar-refractivity contribution in [2.24, 2.45) is 0 Å². The average Bonchev–Trinajstić information content (AvgIpc) is 2.17. The second-order valence-electron chi connectivity index (χ2n) is 2.59. The van der Waals surface area contributed by atoms with Gasteiger partial charge in [0.25, 0.3) is 5.69 Å². The molecule has 0 radical (unpaired) electrons. The van der Waals surface area contributed by atoms with E-state index in [1.165, 1.54) is 12.1 Å². The van der Waals surface area contributed by atoms with E-state index in [-0.39, 0.29) is 16.9 Å².